The van der Waals surface area contributed by atoms with Gasteiger partial charge < -0.3 is 24.7 Å². The van der Waals surface area contributed by atoms with Crippen molar-refractivity contribution in [2.75, 3.05) is 23.9 Å². The minimum atomic E-state index is -4.94. The van der Waals surface area contributed by atoms with Gasteiger partial charge in [-0.1, -0.05) is 120 Å². The SMILES string of the molecule is CCc1cc(OC2=C(/C=C/C3N(C)c4ccc5ccccc5c4C3(C)C)CCC/C2=C\C=C2\N(C)c3ccc4ccccc4c3C2(C)C)cc(Cc2ccc(O)c(Cc3cc(O)cc(C)c3C)c2C)c1C.[O-][Cl+3]([O-])([O-])[O-]. The van der Waals surface area contributed by atoms with E-state index in [9.17, 15) is 10.2 Å². The molecule has 7 aromatic carbocycles. The van der Waals surface area contributed by atoms with Crippen molar-refractivity contribution in [3.05, 3.63) is 217 Å². The van der Waals surface area contributed by atoms with Gasteiger partial charge in [-0.2, -0.15) is 0 Å². The fraction of sp³-hybridized carbons (Fsp3) is 0.303. The molecule has 7 aromatic rings. The standard InChI is InChI=1S/C66H70N2O3.ClHO4/c1-12-44-37-53(38-50(42(44)4)35-49-26-31-59(70)56(43(49)5)39-51-36-52(69)34-40(2)41(51)3)71-64-47(27-32-60-65(6,7)62-54-22-15-13-18-45(54)24-29-57(62)67(60)10)20-17-21-48(64)28-33-61-66(8,9)63-55-23-16-14-19-46(55)25-30-58(63)68(61)11;2-1(3,4)5/h13-16,18-19,22-34,36-38,60,69-70H,12,17,20-21,35,39H2,1-11H3;(H,2,3,4,5)/p-1/b32-27+,48-28+,61-33+;. The molecule has 2 aliphatic heterocycles. The average Bonchev–Trinajstić information content (AvgIpc) is 3.78. The summed E-state index contributed by atoms with van der Waals surface area (Å²) in [5.41, 5.74) is 18.7. The molecule has 9 nitrogen and oxygen atoms in total. The van der Waals surface area contributed by atoms with Gasteiger partial charge in [-0.25, -0.2) is 18.6 Å². The van der Waals surface area contributed by atoms with Crippen LogP contribution < -0.4 is 33.2 Å². The Morgan fingerprint density at radius 1 is 0.671 bits per heavy atom. The number of rotatable bonds is 10. The van der Waals surface area contributed by atoms with Crippen molar-refractivity contribution in [3.8, 4) is 17.2 Å². The largest absolute Gasteiger partial charge is 0.508 e. The summed E-state index contributed by atoms with van der Waals surface area (Å²) in [5.74, 6) is 2.33. The molecule has 10 heteroatoms. The molecule has 1 aliphatic carbocycles. The average molecular weight is 1040 g/mol. The summed E-state index contributed by atoms with van der Waals surface area (Å²) in [6, 6.07) is 38.9. The number of hydrogen-bond acceptors (Lipinski definition) is 9. The Morgan fingerprint density at radius 3 is 1.96 bits per heavy atom. The second kappa shape index (κ2) is 20.9. The van der Waals surface area contributed by atoms with Crippen molar-refractivity contribution >= 4 is 32.9 Å². The zero-order chi connectivity index (χ0) is 54.6. The molecule has 2 N–H and O–H groups in total. The smallest absolute Gasteiger partial charge is 0.133 e. The van der Waals surface area contributed by atoms with Crippen LogP contribution in [0, 0.1) is 37.9 Å². The first-order valence-corrected chi connectivity index (χ1v) is 27.6. The van der Waals surface area contributed by atoms with Gasteiger partial charge in [-0.3, -0.25) is 0 Å². The van der Waals surface area contributed by atoms with E-state index in [1.807, 2.05) is 19.1 Å². The molecule has 0 saturated carbocycles. The van der Waals surface area contributed by atoms with Crippen LogP contribution >= 0.6 is 0 Å². The second-order valence-electron chi connectivity index (χ2n) is 22.1. The Hall–Kier alpha value is -6.85. The molecule has 0 saturated heterocycles. The molecule has 0 amide bonds. The fourth-order valence-corrected chi connectivity index (χ4v) is 12.5. The second-order valence-corrected chi connectivity index (χ2v) is 22.8. The lowest BCUT2D eigenvalue weighted by molar-refractivity contribution is -2.00. The number of anilines is 2. The Morgan fingerprint density at radius 2 is 1.29 bits per heavy atom. The third-order valence-electron chi connectivity index (χ3n) is 16.8. The minimum Gasteiger partial charge on any atom is -0.508 e. The Bertz CT molecular complexity index is 3530. The highest BCUT2D eigenvalue weighted by atomic mass is 35.7. The van der Waals surface area contributed by atoms with E-state index in [0.29, 0.717) is 12.8 Å². The molecule has 0 fully saturated rings. The number of benzene rings is 7. The molecular formula is C66H70ClN2O7-. The van der Waals surface area contributed by atoms with Crippen molar-refractivity contribution in [1.29, 1.82) is 0 Å². The molecule has 394 valence electrons. The maximum Gasteiger partial charge on any atom is 0.133 e. The lowest BCUT2D eigenvalue weighted by atomic mass is 9.78. The molecule has 0 bridgehead atoms. The number of ether oxygens (including phenoxy) is 1. The normalized spacial score (nSPS) is 18.0. The molecule has 0 spiro atoms. The maximum atomic E-state index is 11.3. The van der Waals surface area contributed by atoms with Gasteiger partial charge in [0.2, 0.25) is 0 Å². The van der Waals surface area contributed by atoms with E-state index in [1.165, 1.54) is 77.6 Å². The Kier molecular flexibility index (Phi) is 14.9. The van der Waals surface area contributed by atoms with Crippen LogP contribution in [-0.4, -0.2) is 30.4 Å². The third-order valence-corrected chi connectivity index (χ3v) is 16.8. The number of phenols is 2. The number of halogens is 1. The summed E-state index contributed by atoms with van der Waals surface area (Å²) >= 11 is 0. The predicted octanol–water partition coefficient (Wildman–Crippen LogP) is 11.0. The lowest BCUT2D eigenvalue weighted by Crippen LogP contribution is -2.68. The number of hydrogen-bond donors (Lipinski definition) is 2. The van der Waals surface area contributed by atoms with Crippen molar-refractivity contribution in [2.24, 2.45) is 0 Å². The first kappa shape index (κ1) is 54.0. The van der Waals surface area contributed by atoms with Crippen LogP contribution in [0.4, 0.5) is 11.4 Å². The van der Waals surface area contributed by atoms with E-state index in [2.05, 4.69) is 195 Å². The highest BCUT2D eigenvalue weighted by Gasteiger charge is 2.43. The zero-order valence-electron chi connectivity index (χ0n) is 45.7. The first-order chi connectivity index (χ1) is 36.0. The summed E-state index contributed by atoms with van der Waals surface area (Å²) in [5, 5.41) is 27.0. The van der Waals surface area contributed by atoms with E-state index in [0.717, 1.165) is 70.6 Å². The van der Waals surface area contributed by atoms with Crippen molar-refractivity contribution in [3.63, 3.8) is 0 Å². The van der Waals surface area contributed by atoms with E-state index in [-0.39, 0.29) is 28.4 Å². The number of nitrogens with zero attached hydrogens (tertiary/aromatic N) is 2. The molecule has 76 heavy (non-hydrogen) atoms. The molecule has 0 radical (unpaired) electrons. The summed E-state index contributed by atoms with van der Waals surface area (Å²) in [6.45, 7) is 20.2. The molecule has 10 rings (SSSR count). The number of aromatic hydroxyl groups is 2. The van der Waals surface area contributed by atoms with Gasteiger partial charge in [-0.05, 0) is 197 Å². The first-order valence-electron chi connectivity index (χ1n) is 26.3. The number of phenolic OH excluding ortho intramolecular Hbond substituents is 2. The lowest BCUT2D eigenvalue weighted by Gasteiger charge is -2.30. The van der Waals surface area contributed by atoms with Gasteiger partial charge >= 0.3 is 0 Å². The van der Waals surface area contributed by atoms with Crippen LogP contribution in [-0.2, 0) is 30.1 Å². The van der Waals surface area contributed by atoms with E-state index < -0.39 is 10.2 Å². The van der Waals surface area contributed by atoms with E-state index in [1.54, 1.807) is 6.07 Å². The molecule has 1 atom stereocenters. The van der Waals surface area contributed by atoms with Crippen LogP contribution in [0.1, 0.15) is 115 Å². The van der Waals surface area contributed by atoms with Gasteiger partial charge in [0.25, 0.3) is 0 Å². The third kappa shape index (κ3) is 10.4. The van der Waals surface area contributed by atoms with Crippen molar-refractivity contribution < 1.29 is 43.8 Å². The van der Waals surface area contributed by atoms with Crippen LogP contribution in [0.15, 0.2) is 156 Å². The fourth-order valence-electron chi connectivity index (χ4n) is 12.5. The molecule has 0 aromatic heterocycles. The Labute approximate surface area is 450 Å². The number of aryl methyl sites for hydroxylation is 2. The summed E-state index contributed by atoms with van der Waals surface area (Å²) < 4.78 is 41.4. The van der Waals surface area contributed by atoms with E-state index >= 15 is 0 Å². The molecule has 1 unspecified atom stereocenters. The summed E-state index contributed by atoms with van der Waals surface area (Å²) in [7, 11) is -0.487. The van der Waals surface area contributed by atoms with Gasteiger partial charge in [0, 0.05) is 54.0 Å². The number of allylic oxidation sites excluding steroid dienone is 6. The topological polar surface area (TPSA) is 148 Å². The summed E-state index contributed by atoms with van der Waals surface area (Å²) in [6.07, 6.45) is 14.5. The highest BCUT2D eigenvalue weighted by molar-refractivity contribution is 5.95. The van der Waals surface area contributed by atoms with Crippen molar-refractivity contribution in [1.82, 2.24) is 0 Å². The Balaban J connectivity index is 0.00000135. The monoisotopic (exact) mass is 1040 g/mol. The van der Waals surface area contributed by atoms with Gasteiger partial charge in [0.05, 0.1) is 6.04 Å². The van der Waals surface area contributed by atoms with Crippen LogP contribution in [0.2, 0.25) is 0 Å². The zero-order valence-corrected chi connectivity index (χ0v) is 46.5. The molecule has 2 heterocycles. The molecule has 3 aliphatic rings. The van der Waals surface area contributed by atoms with Gasteiger partial charge in [0.1, 0.15) is 23.0 Å². The highest BCUT2D eigenvalue weighted by Crippen LogP contribution is 2.51. The maximum absolute atomic E-state index is 11.3. The number of likely N-dealkylation sites (N-methyl/N-ethyl adjacent to an activating group) is 2. The van der Waals surface area contributed by atoms with E-state index in [4.69, 9.17) is 23.4 Å². The van der Waals surface area contributed by atoms with Gasteiger partial charge in [0.15, 0.2) is 0 Å². The van der Waals surface area contributed by atoms with Crippen LogP contribution in [0.5, 0.6) is 17.2 Å². The minimum absolute atomic E-state index is 0.132. The van der Waals surface area contributed by atoms with Crippen molar-refractivity contribution in [2.45, 2.75) is 118 Å². The number of fused-ring (bicyclic) bond motifs is 6. The van der Waals surface area contributed by atoms with Gasteiger partial charge in [-0.15, -0.1) is 10.2 Å². The quantitative estimate of drug-likeness (QED) is 0.137. The van der Waals surface area contributed by atoms with Crippen LogP contribution in [0.25, 0.3) is 21.5 Å². The molecular weight excluding hydrogens is 968 g/mol. The summed E-state index contributed by atoms with van der Waals surface area (Å²) in [4.78, 5) is 4.85. The predicted molar refractivity (Wildman–Crippen MR) is 298 cm³/mol. The van der Waals surface area contributed by atoms with Crippen LogP contribution in [0.3, 0.4) is 0 Å².